The second kappa shape index (κ2) is 5.83. The fourth-order valence-corrected chi connectivity index (χ4v) is 2.30. The maximum absolute atomic E-state index is 13.6. The Balaban J connectivity index is 0.00000112. The number of nitrogens with one attached hydrogen (secondary N) is 1. The van der Waals surface area contributed by atoms with Gasteiger partial charge in [-0.15, -0.1) is 12.4 Å². The summed E-state index contributed by atoms with van der Waals surface area (Å²) in [6.07, 6.45) is 2.08. The van der Waals surface area contributed by atoms with Gasteiger partial charge in [-0.1, -0.05) is 22.0 Å². The summed E-state index contributed by atoms with van der Waals surface area (Å²) in [6.45, 7) is 2.00. The van der Waals surface area contributed by atoms with Gasteiger partial charge in [0, 0.05) is 4.47 Å². The van der Waals surface area contributed by atoms with Crippen molar-refractivity contribution in [3.8, 4) is 0 Å². The predicted molar refractivity (Wildman–Crippen MR) is 66.2 cm³/mol. The van der Waals surface area contributed by atoms with E-state index in [1.165, 1.54) is 0 Å². The zero-order valence-corrected chi connectivity index (χ0v) is 10.7. The maximum atomic E-state index is 13.6. The van der Waals surface area contributed by atoms with Gasteiger partial charge >= 0.3 is 0 Å². The first kappa shape index (κ1) is 12.9. The zero-order valence-electron chi connectivity index (χ0n) is 8.30. The monoisotopic (exact) mass is 293 g/mol. The van der Waals surface area contributed by atoms with Crippen molar-refractivity contribution in [3.05, 3.63) is 34.1 Å². The third-order valence-electron chi connectivity index (χ3n) is 2.74. The van der Waals surface area contributed by atoms with E-state index in [1.54, 1.807) is 6.07 Å². The van der Waals surface area contributed by atoms with E-state index in [4.69, 9.17) is 0 Å². The SMILES string of the molecule is Cl.Fc1cc(Br)ccc1C1CCNCC1. The summed E-state index contributed by atoms with van der Waals surface area (Å²) >= 11 is 3.27. The number of benzene rings is 1. The van der Waals surface area contributed by atoms with Crippen molar-refractivity contribution in [2.24, 2.45) is 0 Å². The number of hydrogen-bond donors (Lipinski definition) is 1. The molecular weight excluding hydrogens is 280 g/mol. The van der Waals surface area contributed by atoms with Crippen molar-refractivity contribution in [1.82, 2.24) is 5.32 Å². The topological polar surface area (TPSA) is 12.0 Å². The summed E-state index contributed by atoms with van der Waals surface area (Å²) in [5.41, 5.74) is 0.870. The Morgan fingerprint density at radius 1 is 1.27 bits per heavy atom. The number of piperidine rings is 1. The Hall–Kier alpha value is -0.120. The molecule has 1 aliphatic rings. The molecule has 15 heavy (non-hydrogen) atoms. The highest BCUT2D eigenvalue weighted by atomic mass is 79.9. The van der Waals surface area contributed by atoms with Gasteiger partial charge in [0.25, 0.3) is 0 Å². The second-order valence-electron chi connectivity index (χ2n) is 3.69. The van der Waals surface area contributed by atoms with Crippen molar-refractivity contribution in [3.63, 3.8) is 0 Å². The number of hydrogen-bond acceptors (Lipinski definition) is 1. The molecule has 1 heterocycles. The van der Waals surface area contributed by atoms with E-state index in [9.17, 15) is 4.39 Å². The van der Waals surface area contributed by atoms with Crippen LogP contribution in [0.25, 0.3) is 0 Å². The fraction of sp³-hybridized carbons (Fsp3) is 0.455. The molecule has 1 nitrogen and oxygen atoms in total. The van der Waals surface area contributed by atoms with Crippen molar-refractivity contribution in [2.45, 2.75) is 18.8 Å². The molecule has 2 rings (SSSR count). The van der Waals surface area contributed by atoms with Crippen LogP contribution in [0.5, 0.6) is 0 Å². The molecule has 0 bridgehead atoms. The van der Waals surface area contributed by atoms with Gasteiger partial charge in [0.1, 0.15) is 5.82 Å². The van der Waals surface area contributed by atoms with Crippen LogP contribution in [-0.4, -0.2) is 13.1 Å². The smallest absolute Gasteiger partial charge is 0.127 e. The quantitative estimate of drug-likeness (QED) is 0.836. The van der Waals surface area contributed by atoms with Crippen LogP contribution in [0.3, 0.4) is 0 Å². The summed E-state index contributed by atoms with van der Waals surface area (Å²) in [6, 6.07) is 5.37. The third kappa shape index (κ3) is 3.16. The molecule has 0 radical (unpaired) electrons. The van der Waals surface area contributed by atoms with Crippen LogP contribution in [-0.2, 0) is 0 Å². The minimum Gasteiger partial charge on any atom is -0.317 e. The van der Waals surface area contributed by atoms with Crippen LogP contribution in [0, 0.1) is 5.82 Å². The number of rotatable bonds is 1. The van der Waals surface area contributed by atoms with Crippen LogP contribution < -0.4 is 5.32 Å². The summed E-state index contributed by atoms with van der Waals surface area (Å²) < 4.78 is 14.4. The second-order valence-corrected chi connectivity index (χ2v) is 4.61. The Labute approximate surface area is 104 Å². The van der Waals surface area contributed by atoms with E-state index in [0.717, 1.165) is 36.0 Å². The molecule has 1 aliphatic heterocycles. The summed E-state index contributed by atoms with van der Waals surface area (Å²) in [5.74, 6) is 0.315. The van der Waals surface area contributed by atoms with Gasteiger partial charge in [0.05, 0.1) is 0 Å². The van der Waals surface area contributed by atoms with Gasteiger partial charge in [-0.25, -0.2) is 4.39 Å². The standard InChI is InChI=1S/C11H13BrFN.ClH/c12-9-1-2-10(11(13)7-9)8-3-5-14-6-4-8;/h1-2,7-8,14H,3-6H2;1H. The predicted octanol–water partition coefficient (Wildman–Crippen LogP) is 3.48. The Bertz CT molecular complexity index is 326. The molecule has 0 atom stereocenters. The molecule has 0 spiro atoms. The lowest BCUT2D eigenvalue weighted by Crippen LogP contribution is -2.27. The molecule has 1 saturated heterocycles. The highest BCUT2D eigenvalue weighted by molar-refractivity contribution is 9.10. The first-order valence-corrected chi connectivity index (χ1v) is 5.72. The average molecular weight is 295 g/mol. The molecule has 0 unspecified atom stereocenters. The molecule has 1 aromatic rings. The Kier molecular flexibility index (Phi) is 5.03. The van der Waals surface area contributed by atoms with E-state index in [2.05, 4.69) is 21.2 Å². The van der Waals surface area contributed by atoms with Crippen LogP contribution in [0.2, 0.25) is 0 Å². The van der Waals surface area contributed by atoms with Gasteiger partial charge in [-0.2, -0.15) is 0 Å². The minimum atomic E-state index is -0.0775. The lowest BCUT2D eigenvalue weighted by Gasteiger charge is -2.23. The van der Waals surface area contributed by atoms with E-state index in [-0.39, 0.29) is 18.2 Å². The highest BCUT2D eigenvalue weighted by Gasteiger charge is 2.18. The average Bonchev–Trinajstić information content (AvgIpc) is 2.19. The van der Waals surface area contributed by atoms with Gasteiger partial charge < -0.3 is 5.32 Å². The van der Waals surface area contributed by atoms with E-state index >= 15 is 0 Å². The van der Waals surface area contributed by atoms with Gasteiger partial charge in [-0.3, -0.25) is 0 Å². The first-order valence-electron chi connectivity index (χ1n) is 4.93. The van der Waals surface area contributed by atoms with Gasteiger partial charge in [0.15, 0.2) is 0 Å². The Morgan fingerprint density at radius 2 is 1.93 bits per heavy atom. The fourth-order valence-electron chi connectivity index (χ4n) is 1.97. The van der Waals surface area contributed by atoms with E-state index in [0.29, 0.717) is 5.92 Å². The van der Waals surface area contributed by atoms with Crippen LogP contribution in [0.15, 0.2) is 22.7 Å². The molecule has 0 amide bonds. The lowest BCUT2D eigenvalue weighted by atomic mass is 9.90. The zero-order chi connectivity index (χ0) is 9.97. The molecule has 1 fully saturated rings. The largest absolute Gasteiger partial charge is 0.317 e. The van der Waals surface area contributed by atoms with Crippen LogP contribution in [0.1, 0.15) is 24.3 Å². The van der Waals surface area contributed by atoms with Crippen LogP contribution >= 0.6 is 28.3 Å². The Morgan fingerprint density at radius 3 is 2.53 bits per heavy atom. The summed E-state index contributed by atoms with van der Waals surface area (Å²) in [7, 11) is 0. The highest BCUT2D eigenvalue weighted by Crippen LogP contribution is 2.28. The summed E-state index contributed by atoms with van der Waals surface area (Å²) in [4.78, 5) is 0. The van der Waals surface area contributed by atoms with Gasteiger partial charge in [-0.05, 0) is 49.5 Å². The van der Waals surface area contributed by atoms with Gasteiger partial charge in [0.2, 0.25) is 0 Å². The molecule has 1 aromatic carbocycles. The molecule has 0 aliphatic carbocycles. The maximum Gasteiger partial charge on any atom is 0.127 e. The first-order chi connectivity index (χ1) is 6.77. The van der Waals surface area contributed by atoms with Crippen molar-refractivity contribution >= 4 is 28.3 Å². The van der Waals surface area contributed by atoms with Crippen molar-refractivity contribution in [1.29, 1.82) is 0 Å². The minimum absolute atomic E-state index is 0. The van der Waals surface area contributed by atoms with Crippen molar-refractivity contribution < 1.29 is 4.39 Å². The molecular formula is C11H14BrClFN. The van der Waals surface area contributed by atoms with Crippen LogP contribution in [0.4, 0.5) is 4.39 Å². The third-order valence-corrected chi connectivity index (χ3v) is 3.23. The molecule has 84 valence electrons. The molecule has 4 heteroatoms. The van der Waals surface area contributed by atoms with E-state index in [1.807, 2.05) is 12.1 Å². The normalized spacial score (nSPS) is 17.2. The van der Waals surface area contributed by atoms with E-state index < -0.39 is 0 Å². The summed E-state index contributed by atoms with van der Waals surface area (Å²) in [5, 5.41) is 3.28. The molecule has 1 N–H and O–H groups in total. The van der Waals surface area contributed by atoms with Crippen molar-refractivity contribution in [2.75, 3.05) is 13.1 Å². The number of halogens is 3. The molecule has 0 aromatic heterocycles. The lowest BCUT2D eigenvalue weighted by molar-refractivity contribution is 0.445. The molecule has 0 saturated carbocycles.